The van der Waals surface area contributed by atoms with Crippen LogP contribution in [-0.2, 0) is 9.59 Å². The molecule has 1 saturated heterocycles. The first-order valence-corrected chi connectivity index (χ1v) is 9.25. The molecule has 1 aliphatic heterocycles. The van der Waals surface area contributed by atoms with Gasteiger partial charge in [-0.05, 0) is 30.4 Å². The highest BCUT2D eigenvalue weighted by molar-refractivity contribution is 9.12. The van der Waals surface area contributed by atoms with E-state index in [4.69, 9.17) is 0 Å². The van der Waals surface area contributed by atoms with E-state index in [9.17, 15) is 19.5 Å². The van der Waals surface area contributed by atoms with E-state index in [1.165, 1.54) is 12.1 Å². The van der Waals surface area contributed by atoms with Gasteiger partial charge >= 0.3 is 5.97 Å². The molecule has 1 aromatic rings. The smallest absolute Gasteiger partial charge is 0.337 e. The van der Waals surface area contributed by atoms with Crippen molar-refractivity contribution in [2.75, 3.05) is 4.90 Å². The average molecular weight is 443 g/mol. The molecule has 2 bridgehead atoms. The minimum Gasteiger partial charge on any atom is -0.478 e. The maximum Gasteiger partial charge on any atom is 0.337 e. The van der Waals surface area contributed by atoms with Gasteiger partial charge in [-0.3, -0.25) is 9.59 Å². The summed E-state index contributed by atoms with van der Waals surface area (Å²) in [6, 6.07) is 6.18. The van der Waals surface area contributed by atoms with Crippen molar-refractivity contribution in [3.05, 3.63) is 29.8 Å². The fourth-order valence-corrected chi connectivity index (χ4v) is 6.31. The molecule has 2 amide bonds. The summed E-state index contributed by atoms with van der Waals surface area (Å²) >= 11 is 7.27. The van der Waals surface area contributed by atoms with E-state index >= 15 is 0 Å². The number of anilines is 1. The van der Waals surface area contributed by atoms with Crippen LogP contribution in [0.15, 0.2) is 24.3 Å². The monoisotopic (exact) mass is 441 g/mol. The van der Waals surface area contributed by atoms with Crippen molar-refractivity contribution in [2.24, 2.45) is 23.7 Å². The third-order valence-electron chi connectivity index (χ3n) is 5.36. The number of carbonyl (C=O) groups excluding carboxylic acids is 2. The number of para-hydroxylation sites is 1. The highest BCUT2D eigenvalue weighted by Gasteiger charge is 2.66. The summed E-state index contributed by atoms with van der Waals surface area (Å²) in [7, 11) is 0. The maximum atomic E-state index is 12.9. The minimum atomic E-state index is -1.14. The highest BCUT2D eigenvalue weighted by Crippen LogP contribution is 2.60. The summed E-state index contributed by atoms with van der Waals surface area (Å²) in [5.74, 6) is -2.10. The molecule has 1 heterocycles. The number of halogens is 2. The molecule has 0 aromatic heterocycles. The molecule has 1 N–H and O–H groups in total. The summed E-state index contributed by atoms with van der Waals surface area (Å²) in [6.07, 6.45) is 0.854. The van der Waals surface area contributed by atoms with E-state index in [2.05, 4.69) is 31.9 Å². The molecule has 3 aliphatic rings. The van der Waals surface area contributed by atoms with Crippen LogP contribution in [0.4, 0.5) is 5.69 Å². The zero-order valence-electron chi connectivity index (χ0n) is 11.9. The van der Waals surface area contributed by atoms with E-state index in [0.717, 1.165) is 11.3 Å². The van der Waals surface area contributed by atoms with Gasteiger partial charge in [-0.1, -0.05) is 44.0 Å². The lowest BCUT2D eigenvalue weighted by molar-refractivity contribution is -0.123. The fourth-order valence-electron chi connectivity index (χ4n) is 4.44. The second-order valence-electron chi connectivity index (χ2n) is 6.34. The Bertz CT molecular complexity index is 705. The molecule has 2 saturated carbocycles. The molecule has 0 radical (unpaired) electrons. The third-order valence-corrected chi connectivity index (χ3v) is 8.57. The first kappa shape index (κ1) is 15.3. The summed E-state index contributed by atoms with van der Waals surface area (Å²) < 4.78 is 0. The van der Waals surface area contributed by atoms with Gasteiger partial charge in [0.1, 0.15) is 0 Å². The molecule has 2 unspecified atom stereocenters. The van der Waals surface area contributed by atoms with Gasteiger partial charge in [0, 0.05) is 9.65 Å². The first-order chi connectivity index (χ1) is 10.9. The van der Waals surface area contributed by atoms with Crippen molar-refractivity contribution in [3.8, 4) is 0 Å². The third kappa shape index (κ3) is 1.92. The molecule has 23 heavy (non-hydrogen) atoms. The van der Waals surface area contributed by atoms with Crippen molar-refractivity contribution >= 4 is 55.3 Å². The molecular weight excluding hydrogens is 430 g/mol. The van der Waals surface area contributed by atoms with E-state index < -0.39 is 5.97 Å². The van der Waals surface area contributed by atoms with Crippen LogP contribution >= 0.6 is 31.9 Å². The number of carboxylic acids is 1. The molecule has 2 aliphatic carbocycles. The van der Waals surface area contributed by atoms with Gasteiger partial charge < -0.3 is 5.11 Å². The number of fused-ring (bicyclic) bond motifs is 5. The number of aromatic carboxylic acids is 1. The predicted molar refractivity (Wildman–Crippen MR) is 89.9 cm³/mol. The molecule has 120 valence electrons. The highest BCUT2D eigenvalue weighted by atomic mass is 79.9. The molecule has 7 heteroatoms. The maximum absolute atomic E-state index is 12.9. The van der Waals surface area contributed by atoms with Gasteiger partial charge in [0.15, 0.2) is 0 Å². The summed E-state index contributed by atoms with van der Waals surface area (Å²) in [6.45, 7) is 0. The lowest BCUT2D eigenvalue weighted by atomic mass is 9.81. The minimum absolute atomic E-state index is 0.0210. The Hall–Kier alpha value is -1.21. The largest absolute Gasteiger partial charge is 0.478 e. The zero-order chi connectivity index (χ0) is 16.5. The van der Waals surface area contributed by atoms with Gasteiger partial charge in [0.25, 0.3) is 0 Å². The van der Waals surface area contributed by atoms with E-state index in [1.54, 1.807) is 12.1 Å². The lowest BCUT2D eigenvalue weighted by Gasteiger charge is -2.28. The zero-order valence-corrected chi connectivity index (χ0v) is 15.0. The van der Waals surface area contributed by atoms with Gasteiger partial charge in [-0.25, -0.2) is 9.69 Å². The van der Waals surface area contributed by atoms with Crippen LogP contribution in [0.5, 0.6) is 0 Å². The normalized spacial score (nSPS) is 38.3. The number of hydrogen-bond acceptors (Lipinski definition) is 3. The quantitative estimate of drug-likeness (QED) is 0.564. The Morgan fingerprint density at radius 2 is 1.57 bits per heavy atom. The van der Waals surface area contributed by atoms with Crippen molar-refractivity contribution in [3.63, 3.8) is 0 Å². The summed E-state index contributed by atoms with van der Waals surface area (Å²) in [4.78, 5) is 38.6. The number of carboxylic acid groups (broad SMARTS) is 1. The van der Waals surface area contributed by atoms with Crippen molar-refractivity contribution < 1.29 is 19.5 Å². The Morgan fingerprint density at radius 1 is 1.04 bits per heavy atom. The number of nitrogens with zero attached hydrogens (tertiary/aromatic N) is 1. The van der Waals surface area contributed by atoms with Gasteiger partial charge in [-0.15, -0.1) is 0 Å². The molecule has 6 atom stereocenters. The SMILES string of the molecule is O=C(O)c1ccccc1N1C(=O)[C@@H]2[C@H](C1=O)[C@@H]1C[C@H]2C(Br)C1Br. The van der Waals surface area contributed by atoms with Crippen LogP contribution in [0.2, 0.25) is 0 Å². The van der Waals surface area contributed by atoms with Crippen LogP contribution in [-0.4, -0.2) is 32.5 Å². The second kappa shape index (κ2) is 5.14. The van der Waals surface area contributed by atoms with Crippen molar-refractivity contribution in [1.82, 2.24) is 0 Å². The van der Waals surface area contributed by atoms with Crippen molar-refractivity contribution in [1.29, 1.82) is 0 Å². The van der Waals surface area contributed by atoms with Crippen LogP contribution in [0.3, 0.4) is 0 Å². The van der Waals surface area contributed by atoms with Crippen molar-refractivity contribution in [2.45, 2.75) is 16.1 Å². The number of imide groups is 1. The van der Waals surface area contributed by atoms with E-state index in [1.807, 2.05) is 0 Å². The fraction of sp³-hybridized carbons (Fsp3) is 0.438. The van der Waals surface area contributed by atoms with Crippen LogP contribution in [0.1, 0.15) is 16.8 Å². The second-order valence-corrected chi connectivity index (χ2v) is 8.45. The van der Waals surface area contributed by atoms with E-state index in [0.29, 0.717) is 0 Å². The Labute approximate surface area is 149 Å². The number of benzene rings is 1. The number of hydrogen-bond donors (Lipinski definition) is 1. The van der Waals surface area contributed by atoms with Crippen LogP contribution in [0, 0.1) is 23.7 Å². The first-order valence-electron chi connectivity index (χ1n) is 7.41. The predicted octanol–water partition coefficient (Wildman–Crippen LogP) is 2.67. The molecule has 5 nitrogen and oxygen atoms in total. The summed E-state index contributed by atoms with van der Waals surface area (Å²) in [5.41, 5.74) is 0.161. The van der Waals surface area contributed by atoms with Gasteiger partial charge in [0.2, 0.25) is 11.8 Å². The average Bonchev–Trinajstić information content (AvgIpc) is 3.12. The molecule has 0 spiro atoms. The lowest BCUT2D eigenvalue weighted by Crippen LogP contribution is -2.37. The number of rotatable bonds is 2. The molecule has 3 fully saturated rings. The van der Waals surface area contributed by atoms with E-state index in [-0.39, 0.29) is 56.4 Å². The topological polar surface area (TPSA) is 74.7 Å². The van der Waals surface area contributed by atoms with Gasteiger partial charge in [0.05, 0.1) is 23.1 Å². The van der Waals surface area contributed by atoms with Crippen LogP contribution < -0.4 is 4.90 Å². The number of amides is 2. The summed E-state index contributed by atoms with van der Waals surface area (Å²) in [5, 5.41) is 9.34. The Balaban J connectivity index is 1.78. The van der Waals surface area contributed by atoms with Gasteiger partial charge in [-0.2, -0.15) is 0 Å². The molecular formula is C16H13Br2NO4. The number of carbonyl (C=O) groups is 3. The Morgan fingerprint density at radius 3 is 2.09 bits per heavy atom. The van der Waals surface area contributed by atoms with Crippen LogP contribution in [0.25, 0.3) is 0 Å². The molecule has 1 aromatic carbocycles. The number of alkyl halides is 2. The standard InChI is InChI=1S/C16H13Br2NO4/c17-12-7-5-8(13(12)18)11-10(7)14(20)19(15(11)21)9-4-2-1-3-6(9)16(22)23/h1-4,7-8,10-13H,5H2,(H,22,23)/t7-,8+,10+,11-,12?,13?. The molecule has 4 rings (SSSR count). The Kier molecular flexibility index (Phi) is 3.43.